The fraction of sp³-hybridized carbons (Fsp3) is 0.105. The maximum absolute atomic E-state index is 12.2. The van der Waals surface area contributed by atoms with Crippen LogP contribution in [0.2, 0.25) is 5.02 Å². The van der Waals surface area contributed by atoms with E-state index in [1.54, 1.807) is 43.5 Å². The molecule has 0 saturated heterocycles. The molecule has 0 unspecified atom stereocenters. The minimum absolute atomic E-state index is 0.0452. The number of ether oxygens (including phenoxy) is 1. The molecule has 0 atom stereocenters. The molecular weight excluding hydrogens is 354 g/mol. The van der Waals surface area contributed by atoms with E-state index in [1.807, 2.05) is 12.1 Å². The third-order valence-electron chi connectivity index (χ3n) is 3.77. The van der Waals surface area contributed by atoms with Gasteiger partial charge in [-0.2, -0.15) is 0 Å². The Hall–Kier alpha value is -3.12. The Bertz CT molecular complexity index is 967. The van der Waals surface area contributed by atoms with E-state index < -0.39 is 11.5 Å². The van der Waals surface area contributed by atoms with Crippen molar-refractivity contribution in [2.24, 2.45) is 0 Å². The predicted octanol–water partition coefficient (Wildman–Crippen LogP) is 3.03. The van der Waals surface area contributed by atoms with Crippen molar-refractivity contribution < 1.29 is 9.53 Å². The molecule has 0 bridgehead atoms. The number of carbonyl (C=O) groups is 1. The lowest BCUT2D eigenvalue weighted by atomic mass is 10.2. The average Bonchev–Trinajstić information content (AvgIpc) is 2.67. The van der Waals surface area contributed by atoms with Crippen LogP contribution in [0.25, 0.3) is 11.4 Å². The van der Waals surface area contributed by atoms with Gasteiger partial charge in [0.1, 0.15) is 17.1 Å². The molecule has 0 fully saturated rings. The summed E-state index contributed by atoms with van der Waals surface area (Å²) in [5.41, 5.74) is 1.05. The highest BCUT2D eigenvalue weighted by atomic mass is 35.5. The zero-order valence-corrected chi connectivity index (χ0v) is 14.7. The van der Waals surface area contributed by atoms with Gasteiger partial charge in [0.05, 0.1) is 7.11 Å². The summed E-state index contributed by atoms with van der Waals surface area (Å²) in [5, 5.41) is 3.29. The van der Waals surface area contributed by atoms with Gasteiger partial charge in [-0.1, -0.05) is 23.7 Å². The lowest BCUT2D eigenvalue weighted by molar-refractivity contribution is 0.0949. The molecule has 0 aliphatic rings. The maximum atomic E-state index is 12.2. The summed E-state index contributed by atoms with van der Waals surface area (Å²) in [5.74, 6) is 0.620. The summed E-state index contributed by atoms with van der Waals surface area (Å²) in [6, 6.07) is 14.2. The molecule has 0 aliphatic carbocycles. The van der Waals surface area contributed by atoms with E-state index in [4.69, 9.17) is 16.3 Å². The number of nitrogens with zero attached hydrogens (tertiary/aromatic N) is 1. The van der Waals surface area contributed by atoms with Gasteiger partial charge < -0.3 is 15.0 Å². The summed E-state index contributed by atoms with van der Waals surface area (Å²) >= 11 is 5.85. The van der Waals surface area contributed by atoms with Crippen LogP contribution >= 0.6 is 11.6 Å². The van der Waals surface area contributed by atoms with Crippen LogP contribution in [0.15, 0.2) is 59.5 Å². The highest BCUT2D eigenvalue weighted by Gasteiger charge is 2.12. The highest BCUT2D eigenvalue weighted by Crippen LogP contribution is 2.17. The van der Waals surface area contributed by atoms with Crippen molar-refractivity contribution in [2.75, 3.05) is 7.11 Å². The lowest BCUT2D eigenvalue weighted by Gasteiger charge is -2.07. The van der Waals surface area contributed by atoms with Crippen LogP contribution < -0.4 is 15.6 Å². The quantitative estimate of drug-likeness (QED) is 0.724. The lowest BCUT2D eigenvalue weighted by Crippen LogP contribution is -2.29. The van der Waals surface area contributed by atoms with E-state index in [2.05, 4.69) is 15.3 Å². The summed E-state index contributed by atoms with van der Waals surface area (Å²) < 4.78 is 5.09. The van der Waals surface area contributed by atoms with Crippen LogP contribution in [-0.4, -0.2) is 23.0 Å². The van der Waals surface area contributed by atoms with Gasteiger partial charge in [-0.3, -0.25) is 9.59 Å². The van der Waals surface area contributed by atoms with Crippen LogP contribution in [0.1, 0.15) is 15.9 Å². The second kappa shape index (κ2) is 7.84. The van der Waals surface area contributed by atoms with Gasteiger partial charge in [0.15, 0.2) is 0 Å². The van der Waals surface area contributed by atoms with E-state index in [-0.39, 0.29) is 5.56 Å². The number of amides is 1. The van der Waals surface area contributed by atoms with Gasteiger partial charge in [0.2, 0.25) is 0 Å². The first-order valence-corrected chi connectivity index (χ1v) is 8.21. The van der Waals surface area contributed by atoms with Gasteiger partial charge in [0.25, 0.3) is 11.5 Å². The van der Waals surface area contributed by atoms with Crippen molar-refractivity contribution in [1.29, 1.82) is 0 Å². The fourth-order valence-electron chi connectivity index (χ4n) is 2.33. The Kier molecular flexibility index (Phi) is 5.34. The molecule has 3 aromatic rings. The second-order valence-electron chi connectivity index (χ2n) is 5.51. The van der Waals surface area contributed by atoms with E-state index >= 15 is 0 Å². The van der Waals surface area contributed by atoms with E-state index in [1.165, 1.54) is 6.20 Å². The van der Waals surface area contributed by atoms with Crippen molar-refractivity contribution in [3.8, 4) is 17.1 Å². The van der Waals surface area contributed by atoms with Crippen molar-refractivity contribution >= 4 is 17.5 Å². The number of hydrogen-bond donors (Lipinski definition) is 2. The number of methoxy groups -OCH3 is 1. The van der Waals surface area contributed by atoms with Gasteiger partial charge in [-0.05, 0) is 42.0 Å². The second-order valence-corrected chi connectivity index (χ2v) is 5.95. The predicted molar refractivity (Wildman–Crippen MR) is 99.5 cm³/mol. The molecule has 26 heavy (non-hydrogen) atoms. The molecule has 0 radical (unpaired) electrons. The molecule has 132 valence electrons. The first-order chi connectivity index (χ1) is 12.6. The Morgan fingerprint density at radius 3 is 2.46 bits per heavy atom. The molecule has 1 amide bonds. The molecule has 1 aromatic heterocycles. The third-order valence-corrected chi connectivity index (χ3v) is 4.03. The normalized spacial score (nSPS) is 10.4. The molecule has 1 heterocycles. The molecule has 0 saturated carbocycles. The monoisotopic (exact) mass is 369 g/mol. The summed E-state index contributed by atoms with van der Waals surface area (Å²) in [6.07, 6.45) is 1.27. The molecule has 7 heteroatoms. The third kappa shape index (κ3) is 4.10. The number of hydrogen-bond acceptors (Lipinski definition) is 4. The number of halogens is 1. The van der Waals surface area contributed by atoms with Crippen molar-refractivity contribution in [1.82, 2.24) is 15.3 Å². The topological polar surface area (TPSA) is 84.1 Å². The smallest absolute Gasteiger partial charge is 0.264 e. The SMILES string of the molecule is COc1ccc(CNC(=O)c2cnc(-c3ccc(Cl)cc3)[nH]c2=O)cc1. The number of H-pyrrole nitrogens is 1. The van der Waals surface area contributed by atoms with Crippen LogP contribution in [0.4, 0.5) is 0 Å². The van der Waals surface area contributed by atoms with Crippen molar-refractivity contribution in [3.63, 3.8) is 0 Å². The number of rotatable bonds is 5. The molecule has 0 spiro atoms. The van der Waals surface area contributed by atoms with Crippen LogP contribution in [0.3, 0.4) is 0 Å². The van der Waals surface area contributed by atoms with Crippen LogP contribution in [-0.2, 0) is 6.54 Å². The van der Waals surface area contributed by atoms with Crippen molar-refractivity contribution in [2.45, 2.75) is 6.54 Å². The first-order valence-electron chi connectivity index (χ1n) is 7.83. The van der Waals surface area contributed by atoms with Crippen LogP contribution in [0, 0.1) is 0 Å². The largest absolute Gasteiger partial charge is 0.497 e. The Labute approximate surface area is 154 Å². The average molecular weight is 370 g/mol. The standard InChI is InChI=1S/C19H16ClN3O3/c1-26-15-8-2-12(3-9-15)10-22-18(24)16-11-21-17(23-19(16)25)13-4-6-14(20)7-5-13/h2-9,11H,10H2,1H3,(H,22,24)(H,21,23,25). The van der Waals surface area contributed by atoms with E-state index in [0.717, 1.165) is 11.3 Å². The van der Waals surface area contributed by atoms with E-state index in [0.29, 0.717) is 23.0 Å². The first kappa shape index (κ1) is 17.7. The number of benzene rings is 2. The molecule has 0 aliphatic heterocycles. The van der Waals surface area contributed by atoms with Gasteiger partial charge in [-0.15, -0.1) is 0 Å². The molecule has 2 N–H and O–H groups in total. The summed E-state index contributed by atoms with van der Waals surface area (Å²) in [6.45, 7) is 0.293. The Morgan fingerprint density at radius 2 is 1.85 bits per heavy atom. The van der Waals surface area contributed by atoms with Gasteiger partial charge in [0, 0.05) is 23.3 Å². The van der Waals surface area contributed by atoms with Gasteiger partial charge >= 0.3 is 0 Å². The minimum atomic E-state index is -0.503. The van der Waals surface area contributed by atoms with Crippen molar-refractivity contribution in [3.05, 3.63) is 81.2 Å². The molecular formula is C19H16ClN3O3. The van der Waals surface area contributed by atoms with E-state index in [9.17, 15) is 9.59 Å². The zero-order chi connectivity index (χ0) is 18.5. The fourth-order valence-corrected chi connectivity index (χ4v) is 2.46. The zero-order valence-electron chi connectivity index (χ0n) is 14.0. The number of nitrogens with one attached hydrogen (secondary N) is 2. The molecule has 6 nitrogen and oxygen atoms in total. The summed E-state index contributed by atoms with van der Waals surface area (Å²) in [7, 11) is 1.59. The summed E-state index contributed by atoms with van der Waals surface area (Å²) in [4.78, 5) is 31.2. The van der Waals surface area contributed by atoms with Crippen LogP contribution in [0.5, 0.6) is 5.75 Å². The number of aromatic nitrogens is 2. The minimum Gasteiger partial charge on any atom is -0.497 e. The Morgan fingerprint density at radius 1 is 1.15 bits per heavy atom. The number of aromatic amines is 1. The van der Waals surface area contributed by atoms with Gasteiger partial charge in [-0.25, -0.2) is 4.98 Å². The molecule has 3 rings (SSSR count). The number of carbonyl (C=O) groups excluding carboxylic acids is 1. The Balaban J connectivity index is 1.71. The molecule has 2 aromatic carbocycles. The maximum Gasteiger partial charge on any atom is 0.264 e. The highest BCUT2D eigenvalue weighted by molar-refractivity contribution is 6.30.